The van der Waals surface area contributed by atoms with Crippen LogP contribution in [0.25, 0.3) is 0 Å². The second-order valence-electron chi connectivity index (χ2n) is 3.90. The summed E-state index contributed by atoms with van der Waals surface area (Å²) in [5.74, 6) is 0. The van der Waals surface area contributed by atoms with Crippen LogP contribution in [0, 0.1) is 5.41 Å². The largest absolute Gasteiger partial charge is 0.392 e. The lowest BCUT2D eigenvalue weighted by molar-refractivity contribution is 0.0390. The summed E-state index contributed by atoms with van der Waals surface area (Å²) in [4.78, 5) is 4.98. The first-order chi connectivity index (χ1) is 5.04. The number of nitrogens with zero attached hydrogens (tertiary/aromatic N) is 1. The van der Waals surface area contributed by atoms with Gasteiger partial charge in [0.05, 0.1) is 12.3 Å². The van der Waals surface area contributed by atoms with Crippen LogP contribution in [0.3, 0.4) is 0 Å². The SMILES string of the molecule is CC(C)(C)C1=NO[C@@H](CO)C1. The molecule has 1 heterocycles. The number of aliphatic hydroxyl groups is 1. The molecule has 3 heteroatoms. The fourth-order valence-corrected chi connectivity index (χ4v) is 0.969. The van der Waals surface area contributed by atoms with E-state index >= 15 is 0 Å². The normalized spacial score (nSPS) is 24.7. The van der Waals surface area contributed by atoms with Crippen LogP contribution in [-0.4, -0.2) is 23.5 Å². The summed E-state index contributed by atoms with van der Waals surface area (Å²) in [6, 6.07) is 0. The molecule has 1 atom stereocenters. The fourth-order valence-electron chi connectivity index (χ4n) is 0.969. The van der Waals surface area contributed by atoms with Gasteiger partial charge in [-0.25, -0.2) is 0 Å². The summed E-state index contributed by atoms with van der Waals surface area (Å²) < 4.78 is 0. The molecule has 0 aliphatic carbocycles. The van der Waals surface area contributed by atoms with Gasteiger partial charge in [-0.3, -0.25) is 0 Å². The van der Waals surface area contributed by atoms with Gasteiger partial charge in [0, 0.05) is 11.8 Å². The van der Waals surface area contributed by atoms with E-state index in [-0.39, 0.29) is 18.1 Å². The van der Waals surface area contributed by atoms with Gasteiger partial charge in [0.15, 0.2) is 6.10 Å². The highest BCUT2D eigenvalue weighted by Gasteiger charge is 2.28. The maximum absolute atomic E-state index is 8.75. The Morgan fingerprint density at radius 3 is 2.55 bits per heavy atom. The number of hydrogen-bond acceptors (Lipinski definition) is 3. The molecule has 1 aliphatic rings. The van der Waals surface area contributed by atoms with Crippen LogP contribution in [0.2, 0.25) is 0 Å². The highest BCUT2D eigenvalue weighted by atomic mass is 16.6. The summed E-state index contributed by atoms with van der Waals surface area (Å²) in [5.41, 5.74) is 1.11. The Morgan fingerprint density at radius 1 is 1.64 bits per heavy atom. The monoisotopic (exact) mass is 157 g/mol. The predicted molar refractivity (Wildman–Crippen MR) is 43.5 cm³/mol. The summed E-state index contributed by atoms with van der Waals surface area (Å²) in [7, 11) is 0. The van der Waals surface area contributed by atoms with E-state index in [4.69, 9.17) is 9.94 Å². The van der Waals surface area contributed by atoms with E-state index in [0.29, 0.717) is 0 Å². The van der Waals surface area contributed by atoms with Crippen LogP contribution < -0.4 is 0 Å². The third-order valence-electron chi connectivity index (χ3n) is 1.80. The number of oxime groups is 1. The first-order valence-corrected chi connectivity index (χ1v) is 3.88. The second kappa shape index (κ2) is 2.81. The van der Waals surface area contributed by atoms with Crippen molar-refractivity contribution in [2.24, 2.45) is 10.6 Å². The van der Waals surface area contributed by atoms with Crippen LogP contribution in [-0.2, 0) is 4.84 Å². The lowest BCUT2D eigenvalue weighted by Gasteiger charge is -2.16. The summed E-state index contributed by atoms with van der Waals surface area (Å²) in [6.45, 7) is 6.34. The third-order valence-corrected chi connectivity index (χ3v) is 1.80. The van der Waals surface area contributed by atoms with Gasteiger partial charge in [-0.05, 0) is 0 Å². The molecule has 0 saturated heterocycles. The van der Waals surface area contributed by atoms with Gasteiger partial charge in [-0.15, -0.1) is 0 Å². The maximum Gasteiger partial charge on any atom is 0.155 e. The van der Waals surface area contributed by atoms with Crippen molar-refractivity contribution >= 4 is 5.71 Å². The van der Waals surface area contributed by atoms with Crippen LogP contribution in [0.4, 0.5) is 0 Å². The topological polar surface area (TPSA) is 41.8 Å². The van der Waals surface area contributed by atoms with Crippen molar-refractivity contribution < 1.29 is 9.94 Å². The summed E-state index contributed by atoms with van der Waals surface area (Å²) in [6.07, 6.45) is 0.657. The van der Waals surface area contributed by atoms with E-state index in [2.05, 4.69) is 25.9 Å². The van der Waals surface area contributed by atoms with Crippen molar-refractivity contribution in [3.8, 4) is 0 Å². The molecule has 0 spiro atoms. The van der Waals surface area contributed by atoms with Gasteiger partial charge in [-0.2, -0.15) is 0 Å². The standard InChI is InChI=1S/C8H15NO2/c1-8(2,3)7-4-6(5-10)11-9-7/h6,10H,4-5H2,1-3H3/t6-/m1/s1. The van der Waals surface area contributed by atoms with Crippen LogP contribution in [0.1, 0.15) is 27.2 Å². The minimum absolute atomic E-state index is 0.0586. The Balaban J connectivity index is 2.53. The molecule has 0 aromatic carbocycles. The van der Waals surface area contributed by atoms with Crippen molar-refractivity contribution in [1.29, 1.82) is 0 Å². The van der Waals surface area contributed by atoms with Crippen molar-refractivity contribution in [3.63, 3.8) is 0 Å². The Bertz CT molecular complexity index is 169. The van der Waals surface area contributed by atoms with Gasteiger partial charge in [-0.1, -0.05) is 25.9 Å². The summed E-state index contributed by atoms with van der Waals surface area (Å²) >= 11 is 0. The van der Waals surface area contributed by atoms with Gasteiger partial charge in [0.2, 0.25) is 0 Å². The number of rotatable bonds is 1. The molecule has 0 saturated carbocycles. The zero-order valence-corrected chi connectivity index (χ0v) is 7.29. The lowest BCUT2D eigenvalue weighted by Crippen LogP contribution is -2.21. The molecule has 0 unspecified atom stereocenters. The molecule has 64 valence electrons. The smallest absolute Gasteiger partial charge is 0.155 e. The van der Waals surface area contributed by atoms with Gasteiger partial charge in [0.1, 0.15) is 0 Å². The molecule has 11 heavy (non-hydrogen) atoms. The fraction of sp³-hybridized carbons (Fsp3) is 0.875. The highest BCUT2D eigenvalue weighted by Crippen LogP contribution is 2.24. The molecule has 1 rings (SSSR count). The zero-order chi connectivity index (χ0) is 8.48. The average Bonchev–Trinajstić information content (AvgIpc) is 2.32. The Morgan fingerprint density at radius 2 is 2.27 bits per heavy atom. The molecule has 1 aliphatic heterocycles. The molecular formula is C8H15NO2. The Labute approximate surface area is 67.0 Å². The highest BCUT2D eigenvalue weighted by molar-refractivity contribution is 5.90. The Hall–Kier alpha value is -0.570. The minimum atomic E-state index is -0.107. The van der Waals surface area contributed by atoms with Crippen LogP contribution >= 0.6 is 0 Å². The zero-order valence-electron chi connectivity index (χ0n) is 7.29. The van der Waals surface area contributed by atoms with Gasteiger partial charge < -0.3 is 9.94 Å². The van der Waals surface area contributed by atoms with Crippen LogP contribution in [0.5, 0.6) is 0 Å². The second-order valence-corrected chi connectivity index (χ2v) is 3.90. The molecule has 3 nitrogen and oxygen atoms in total. The van der Waals surface area contributed by atoms with E-state index in [1.807, 2.05) is 0 Å². The van der Waals surface area contributed by atoms with Crippen molar-refractivity contribution in [3.05, 3.63) is 0 Å². The van der Waals surface area contributed by atoms with Crippen molar-refractivity contribution in [1.82, 2.24) is 0 Å². The average molecular weight is 157 g/mol. The van der Waals surface area contributed by atoms with E-state index in [9.17, 15) is 0 Å². The molecule has 0 fully saturated rings. The molecule has 1 N–H and O–H groups in total. The first kappa shape index (κ1) is 8.53. The third kappa shape index (κ3) is 1.93. The van der Waals surface area contributed by atoms with Crippen molar-refractivity contribution in [2.75, 3.05) is 6.61 Å². The molecule has 0 aromatic heterocycles. The molecule has 0 radical (unpaired) electrons. The minimum Gasteiger partial charge on any atom is -0.392 e. The van der Waals surface area contributed by atoms with E-state index in [0.717, 1.165) is 12.1 Å². The molecule has 0 amide bonds. The quantitative estimate of drug-likeness (QED) is 0.620. The van der Waals surface area contributed by atoms with Gasteiger partial charge >= 0.3 is 0 Å². The summed E-state index contributed by atoms with van der Waals surface area (Å²) in [5, 5.41) is 12.7. The number of aliphatic hydroxyl groups excluding tert-OH is 1. The van der Waals surface area contributed by atoms with E-state index < -0.39 is 0 Å². The van der Waals surface area contributed by atoms with E-state index in [1.54, 1.807) is 0 Å². The molecule has 0 aromatic rings. The van der Waals surface area contributed by atoms with E-state index in [1.165, 1.54) is 0 Å². The Kier molecular flexibility index (Phi) is 2.18. The van der Waals surface area contributed by atoms with Gasteiger partial charge in [0.25, 0.3) is 0 Å². The van der Waals surface area contributed by atoms with Crippen molar-refractivity contribution in [2.45, 2.75) is 33.3 Å². The van der Waals surface area contributed by atoms with Crippen LogP contribution in [0.15, 0.2) is 5.16 Å². The lowest BCUT2D eigenvalue weighted by atomic mass is 9.87. The first-order valence-electron chi connectivity index (χ1n) is 3.88. The molecular weight excluding hydrogens is 142 g/mol. The molecule has 0 bridgehead atoms. The predicted octanol–water partition coefficient (Wildman–Crippen LogP) is 1.17. The maximum atomic E-state index is 8.75. The number of hydrogen-bond donors (Lipinski definition) is 1.